The van der Waals surface area contributed by atoms with Gasteiger partial charge in [-0.05, 0) is 0 Å². The van der Waals surface area contributed by atoms with Gasteiger partial charge in [0.25, 0.3) is 0 Å². The van der Waals surface area contributed by atoms with Crippen molar-refractivity contribution < 1.29 is 22.7 Å². The summed E-state index contributed by atoms with van der Waals surface area (Å²) in [5.74, 6) is 0. The Labute approximate surface area is 49.6 Å². The molecule has 9 heavy (non-hydrogen) atoms. The van der Waals surface area contributed by atoms with Crippen molar-refractivity contribution in [1.82, 2.24) is 0 Å². The molecule has 0 aromatic carbocycles. The topological polar surface area (TPSA) is 26.3 Å². The van der Waals surface area contributed by atoms with Crippen LogP contribution in [0.5, 0.6) is 0 Å². The van der Waals surface area contributed by atoms with E-state index >= 15 is 0 Å². The molecule has 2 nitrogen and oxygen atoms in total. The van der Waals surface area contributed by atoms with Crippen LogP contribution in [0.4, 0.5) is 13.2 Å². The van der Waals surface area contributed by atoms with E-state index in [9.17, 15) is 18.0 Å². The van der Waals surface area contributed by atoms with Gasteiger partial charge in [-0.3, -0.25) is 0 Å². The minimum absolute atomic E-state index is 0.238. The van der Waals surface area contributed by atoms with Crippen molar-refractivity contribution in [2.45, 2.75) is 6.18 Å². The molecule has 1 radical (unpaired) electrons. The molecule has 0 fully saturated rings. The van der Waals surface area contributed by atoms with Gasteiger partial charge >= 0.3 is 6.18 Å². The summed E-state index contributed by atoms with van der Waals surface area (Å²) in [5.41, 5.74) is 0. The number of aldehydes is 1. The second-order valence-electron chi connectivity index (χ2n) is 1.16. The van der Waals surface area contributed by atoms with E-state index in [0.29, 0.717) is 0 Å². The van der Waals surface area contributed by atoms with E-state index in [1.807, 2.05) is 0 Å². The van der Waals surface area contributed by atoms with E-state index in [0.717, 1.165) is 0 Å². The SMILES string of the molecule is O=CCO[CH]C(F)(F)F. The molecule has 0 N–H and O–H groups in total. The maximum Gasteiger partial charge on any atom is 0.417 e. The third kappa shape index (κ3) is 7.42. The largest absolute Gasteiger partial charge is 0.417 e. The molecule has 5 heteroatoms. The van der Waals surface area contributed by atoms with Crippen molar-refractivity contribution in [2.75, 3.05) is 6.61 Å². The molecule has 0 aromatic rings. The fourth-order valence-corrected chi connectivity index (χ4v) is 0.182. The van der Waals surface area contributed by atoms with E-state index in [2.05, 4.69) is 4.74 Å². The standard InChI is InChI=1S/C4H4F3O2/c5-4(6,7)3-9-2-1-8/h1,3H,2H2. The first-order valence-corrected chi connectivity index (χ1v) is 2.02. The molecule has 0 aliphatic rings. The first kappa shape index (κ1) is 8.42. The van der Waals surface area contributed by atoms with Crippen molar-refractivity contribution in [3.05, 3.63) is 6.61 Å². The van der Waals surface area contributed by atoms with Crippen molar-refractivity contribution >= 4 is 6.29 Å². The van der Waals surface area contributed by atoms with E-state index in [4.69, 9.17) is 0 Å². The van der Waals surface area contributed by atoms with Crippen molar-refractivity contribution in [3.8, 4) is 0 Å². The Kier molecular flexibility index (Phi) is 3.22. The fourth-order valence-electron chi connectivity index (χ4n) is 0.182. The predicted octanol–water partition coefficient (Wildman–Crippen LogP) is 0.926. The average molecular weight is 141 g/mol. The van der Waals surface area contributed by atoms with Gasteiger partial charge in [0, 0.05) is 0 Å². The van der Waals surface area contributed by atoms with Crippen molar-refractivity contribution in [1.29, 1.82) is 0 Å². The van der Waals surface area contributed by atoms with Crippen LogP contribution in [0.3, 0.4) is 0 Å². The minimum Gasteiger partial charge on any atom is -0.358 e. The molecule has 0 atom stereocenters. The molecule has 0 saturated carbocycles. The van der Waals surface area contributed by atoms with E-state index in [1.54, 1.807) is 0 Å². The molecular formula is C4H4F3O2. The van der Waals surface area contributed by atoms with Crippen molar-refractivity contribution in [3.63, 3.8) is 0 Å². The maximum absolute atomic E-state index is 11.1. The zero-order valence-electron chi connectivity index (χ0n) is 4.31. The molecule has 0 aliphatic carbocycles. The molecule has 0 aromatic heterocycles. The van der Waals surface area contributed by atoms with Crippen LogP contribution < -0.4 is 0 Å². The summed E-state index contributed by atoms with van der Waals surface area (Å²) in [6, 6.07) is 0. The Balaban J connectivity index is 3.17. The molecule has 53 valence electrons. The summed E-state index contributed by atoms with van der Waals surface area (Å²) in [7, 11) is 0. The van der Waals surface area contributed by atoms with Gasteiger partial charge in [0.2, 0.25) is 0 Å². The number of ether oxygens (including phenoxy) is 1. The number of hydrogen-bond donors (Lipinski definition) is 0. The first-order valence-electron chi connectivity index (χ1n) is 2.02. The second-order valence-corrected chi connectivity index (χ2v) is 1.16. The lowest BCUT2D eigenvalue weighted by atomic mass is 10.7. The molecule has 0 unspecified atom stereocenters. The number of alkyl halides is 3. The summed E-state index contributed by atoms with van der Waals surface area (Å²) in [4.78, 5) is 9.38. The van der Waals surface area contributed by atoms with Gasteiger partial charge < -0.3 is 9.53 Å². The van der Waals surface area contributed by atoms with Crippen LogP contribution in [-0.4, -0.2) is 19.1 Å². The van der Waals surface area contributed by atoms with Crippen LogP contribution in [0, 0.1) is 6.61 Å². The highest BCUT2D eigenvalue weighted by Gasteiger charge is 2.28. The summed E-state index contributed by atoms with van der Waals surface area (Å²) in [5, 5.41) is 0. The fraction of sp³-hybridized carbons (Fsp3) is 0.500. The second kappa shape index (κ2) is 3.45. The molecular weight excluding hydrogens is 137 g/mol. The maximum atomic E-state index is 11.1. The van der Waals surface area contributed by atoms with Crippen molar-refractivity contribution in [2.24, 2.45) is 0 Å². The van der Waals surface area contributed by atoms with Gasteiger partial charge in [-0.15, -0.1) is 0 Å². The Bertz CT molecular complexity index is 88.3. The third-order valence-corrected chi connectivity index (χ3v) is 0.381. The van der Waals surface area contributed by atoms with Gasteiger partial charge in [-0.1, -0.05) is 0 Å². The number of carbonyl (C=O) groups is 1. The van der Waals surface area contributed by atoms with Gasteiger partial charge in [-0.2, -0.15) is 13.2 Å². The molecule has 0 spiro atoms. The van der Waals surface area contributed by atoms with Gasteiger partial charge in [-0.25, -0.2) is 0 Å². The van der Waals surface area contributed by atoms with E-state index in [1.165, 1.54) is 0 Å². The Morgan fingerprint density at radius 3 is 2.33 bits per heavy atom. The summed E-state index contributed by atoms with van der Waals surface area (Å²) >= 11 is 0. The van der Waals surface area contributed by atoms with Gasteiger partial charge in [0.15, 0.2) is 6.61 Å². The molecule has 0 heterocycles. The Morgan fingerprint density at radius 2 is 2.00 bits per heavy atom. The minimum atomic E-state index is -4.46. The zero-order chi connectivity index (χ0) is 7.33. The van der Waals surface area contributed by atoms with E-state index in [-0.39, 0.29) is 12.9 Å². The third-order valence-electron chi connectivity index (χ3n) is 0.381. The van der Waals surface area contributed by atoms with Crippen LogP contribution in [0.2, 0.25) is 0 Å². The molecule has 0 saturated heterocycles. The normalized spacial score (nSPS) is 11.4. The summed E-state index contributed by atoms with van der Waals surface area (Å²) in [6.07, 6.45) is -4.22. The highest BCUT2D eigenvalue weighted by atomic mass is 19.4. The highest BCUT2D eigenvalue weighted by Crippen LogP contribution is 2.17. The van der Waals surface area contributed by atoms with Crippen LogP contribution in [0.15, 0.2) is 0 Å². The lowest BCUT2D eigenvalue weighted by Crippen LogP contribution is -2.11. The molecule has 0 aliphatic heterocycles. The number of carbonyl (C=O) groups excluding carboxylic acids is 1. The molecule has 0 amide bonds. The molecule has 0 bridgehead atoms. The number of halogens is 3. The van der Waals surface area contributed by atoms with Crippen LogP contribution in [-0.2, 0) is 9.53 Å². The smallest absolute Gasteiger partial charge is 0.358 e. The number of hydrogen-bond acceptors (Lipinski definition) is 2. The Morgan fingerprint density at radius 1 is 1.44 bits per heavy atom. The zero-order valence-corrected chi connectivity index (χ0v) is 4.31. The van der Waals surface area contributed by atoms with Crippen LogP contribution >= 0.6 is 0 Å². The first-order chi connectivity index (χ1) is 4.06. The van der Waals surface area contributed by atoms with Gasteiger partial charge in [0.05, 0.1) is 0 Å². The highest BCUT2D eigenvalue weighted by molar-refractivity contribution is 5.50. The van der Waals surface area contributed by atoms with Crippen LogP contribution in [0.1, 0.15) is 0 Å². The predicted molar refractivity (Wildman–Crippen MR) is 22.4 cm³/mol. The Hall–Kier alpha value is -0.580. The average Bonchev–Trinajstić information content (AvgIpc) is 1.63. The van der Waals surface area contributed by atoms with E-state index < -0.39 is 12.8 Å². The quantitative estimate of drug-likeness (QED) is 0.431. The van der Waals surface area contributed by atoms with Crippen LogP contribution in [0.25, 0.3) is 0 Å². The summed E-state index contributed by atoms with van der Waals surface area (Å²) in [6.45, 7) is -0.888. The molecule has 0 rings (SSSR count). The van der Waals surface area contributed by atoms with Gasteiger partial charge in [0.1, 0.15) is 12.9 Å². The lowest BCUT2D eigenvalue weighted by molar-refractivity contribution is -0.140. The summed E-state index contributed by atoms with van der Waals surface area (Å²) < 4.78 is 37.0. The number of rotatable bonds is 3. The monoisotopic (exact) mass is 141 g/mol. The lowest BCUT2D eigenvalue weighted by Gasteiger charge is -2.02.